The van der Waals surface area contributed by atoms with E-state index < -0.39 is 0 Å². The van der Waals surface area contributed by atoms with Gasteiger partial charge in [0, 0.05) is 44.9 Å². The number of pyridine rings is 1. The number of unbranched alkanes of at least 4 members (excludes halogenated alkanes) is 1. The van der Waals surface area contributed by atoms with Gasteiger partial charge < -0.3 is 14.3 Å². The maximum atomic E-state index is 12.3. The quantitative estimate of drug-likeness (QED) is 0.676. The molecule has 1 amide bonds. The maximum Gasteiger partial charge on any atom is 0.223 e. The molecule has 0 radical (unpaired) electrons. The summed E-state index contributed by atoms with van der Waals surface area (Å²) in [5.74, 6) is 2.18. The smallest absolute Gasteiger partial charge is 0.223 e. The molecule has 0 N–H and O–H groups in total. The first-order valence-electron chi connectivity index (χ1n) is 9.89. The Labute approximate surface area is 164 Å². The number of carbonyl (C=O) groups excluding carboxylic acids is 1. The third-order valence-electron chi connectivity index (χ3n) is 5.15. The van der Waals surface area contributed by atoms with Gasteiger partial charge in [-0.05, 0) is 18.6 Å². The average Bonchev–Trinajstić information content (AvgIpc) is 3.17. The van der Waals surface area contributed by atoms with Crippen LogP contribution in [0.1, 0.15) is 32.1 Å². The van der Waals surface area contributed by atoms with E-state index in [0.717, 1.165) is 48.2 Å². The van der Waals surface area contributed by atoms with E-state index in [-0.39, 0.29) is 5.91 Å². The molecule has 2 aromatic heterocycles. The van der Waals surface area contributed by atoms with Gasteiger partial charge in [0.25, 0.3) is 0 Å². The van der Waals surface area contributed by atoms with Crippen LogP contribution in [0.15, 0.2) is 34.9 Å². The van der Waals surface area contributed by atoms with Gasteiger partial charge in [0.2, 0.25) is 17.6 Å². The second-order valence-electron chi connectivity index (χ2n) is 7.16. The molecule has 7 nitrogen and oxygen atoms in total. The minimum Gasteiger partial charge on any atom is -0.352 e. The van der Waals surface area contributed by atoms with Gasteiger partial charge in [0.05, 0.1) is 11.1 Å². The number of carbonyl (C=O) groups is 1. The molecule has 146 valence electrons. The van der Waals surface area contributed by atoms with E-state index in [0.29, 0.717) is 31.2 Å². The van der Waals surface area contributed by atoms with Crippen LogP contribution in [-0.2, 0) is 4.79 Å². The Morgan fingerprint density at radius 2 is 1.93 bits per heavy atom. The van der Waals surface area contributed by atoms with Crippen molar-refractivity contribution < 1.29 is 9.32 Å². The molecule has 0 bridgehead atoms. The first-order chi connectivity index (χ1) is 13.7. The monoisotopic (exact) mass is 379 g/mol. The highest BCUT2D eigenvalue weighted by atomic mass is 16.5. The summed E-state index contributed by atoms with van der Waals surface area (Å²) in [5.41, 5.74) is 1.80. The van der Waals surface area contributed by atoms with E-state index in [1.165, 1.54) is 0 Å². The Hall–Kier alpha value is -2.96. The predicted molar refractivity (Wildman–Crippen MR) is 108 cm³/mol. The number of nitrogens with zero attached hydrogens (tertiary/aromatic N) is 5. The second kappa shape index (κ2) is 7.96. The Morgan fingerprint density at radius 3 is 2.64 bits per heavy atom. The Kier molecular flexibility index (Phi) is 5.23. The van der Waals surface area contributed by atoms with Crippen molar-refractivity contribution in [2.24, 2.45) is 0 Å². The minimum atomic E-state index is 0.252. The number of hydrogen-bond acceptors (Lipinski definition) is 6. The highest BCUT2D eigenvalue weighted by molar-refractivity contribution is 5.88. The number of benzene rings is 1. The number of hydrogen-bond donors (Lipinski definition) is 0. The van der Waals surface area contributed by atoms with Gasteiger partial charge in [-0.2, -0.15) is 4.98 Å². The number of fused-ring (bicyclic) bond motifs is 1. The van der Waals surface area contributed by atoms with E-state index in [4.69, 9.17) is 9.51 Å². The Bertz CT molecular complexity index is 976. The number of piperazine rings is 1. The molecule has 3 aromatic rings. The largest absolute Gasteiger partial charge is 0.352 e. The summed E-state index contributed by atoms with van der Waals surface area (Å²) in [4.78, 5) is 25.8. The molecule has 1 fully saturated rings. The van der Waals surface area contributed by atoms with Crippen LogP contribution in [0.5, 0.6) is 0 Å². The van der Waals surface area contributed by atoms with Gasteiger partial charge in [-0.3, -0.25) is 4.79 Å². The normalized spacial score (nSPS) is 14.6. The fourth-order valence-electron chi connectivity index (χ4n) is 3.57. The van der Waals surface area contributed by atoms with Crippen LogP contribution >= 0.6 is 0 Å². The van der Waals surface area contributed by atoms with Crippen LogP contribution in [-0.4, -0.2) is 52.1 Å². The van der Waals surface area contributed by atoms with E-state index in [1.54, 1.807) is 6.92 Å². The SMILES string of the molecule is CCCCC(=O)N1CCN(c2nc3ccccc3cc2-c2noc(C)n2)CC1. The molecule has 0 unspecified atom stereocenters. The highest BCUT2D eigenvalue weighted by Crippen LogP contribution is 2.31. The van der Waals surface area contributed by atoms with Crippen molar-refractivity contribution in [1.29, 1.82) is 0 Å². The zero-order valence-corrected chi connectivity index (χ0v) is 16.4. The zero-order valence-electron chi connectivity index (χ0n) is 16.4. The highest BCUT2D eigenvalue weighted by Gasteiger charge is 2.25. The lowest BCUT2D eigenvalue weighted by Gasteiger charge is -2.36. The molecule has 4 rings (SSSR count). The number of anilines is 1. The van der Waals surface area contributed by atoms with E-state index in [2.05, 4.69) is 28.0 Å². The van der Waals surface area contributed by atoms with Gasteiger partial charge in [-0.15, -0.1) is 0 Å². The predicted octanol–water partition coefficient (Wildman–Crippen LogP) is 3.43. The van der Waals surface area contributed by atoms with Gasteiger partial charge in [0.1, 0.15) is 5.82 Å². The fraction of sp³-hybridized carbons (Fsp3) is 0.429. The first kappa shape index (κ1) is 18.4. The van der Waals surface area contributed by atoms with Crippen molar-refractivity contribution in [3.8, 4) is 11.4 Å². The molecule has 1 saturated heterocycles. The number of para-hydroxylation sites is 1. The lowest BCUT2D eigenvalue weighted by molar-refractivity contribution is -0.131. The van der Waals surface area contributed by atoms with Crippen LogP contribution in [0.3, 0.4) is 0 Å². The van der Waals surface area contributed by atoms with Gasteiger partial charge in [-0.1, -0.05) is 36.7 Å². The summed E-state index contributed by atoms with van der Waals surface area (Å²) >= 11 is 0. The van der Waals surface area contributed by atoms with E-state index in [9.17, 15) is 4.79 Å². The molecular formula is C21H25N5O2. The van der Waals surface area contributed by atoms with Gasteiger partial charge in [0.15, 0.2) is 0 Å². The average molecular weight is 379 g/mol. The molecule has 1 aromatic carbocycles. The van der Waals surface area contributed by atoms with Crippen LogP contribution in [0, 0.1) is 6.92 Å². The van der Waals surface area contributed by atoms with Crippen molar-refractivity contribution in [3.05, 3.63) is 36.2 Å². The molecule has 28 heavy (non-hydrogen) atoms. The van der Waals surface area contributed by atoms with Crippen LogP contribution in [0.25, 0.3) is 22.3 Å². The summed E-state index contributed by atoms with van der Waals surface area (Å²) < 4.78 is 5.20. The van der Waals surface area contributed by atoms with Crippen molar-refractivity contribution >= 4 is 22.6 Å². The molecule has 0 atom stereocenters. The lowest BCUT2D eigenvalue weighted by Crippen LogP contribution is -2.49. The van der Waals surface area contributed by atoms with Crippen LogP contribution < -0.4 is 4.90 Å². The number of aryl methyl sites for hydroxylation is 1. The molecule has 7 heteroatoms. The fourth-order valence-corrected chi connectivity index (χ4v) is 3.57. The first-order valence-corrected chi connectivity index (χ1v) is 9.89. The molecule has 0 spiro atoms. The van der Waals surface area contributed by atoms with Crippen molar-refractivity contribution in [1.82, 2.24) is 20.0 Å². The zero-order chi connectivity index (χ0) is 19.5. The molecule has 0 saturated carbocycles. The van der Waals surface area contributed by atoms with Crippen molar-refractivity contribution in [3.63, 3.8) is 0 Å². The molecule has 0 aliphatic carbocycles. The minimum absolute atomic E-state index is 0.252. The summed E-state index contributed by atoms with van der Waals surface area (Å²) in [6, 6.07) is 10.1. The standard InChI is InChI=1S/C21H25N5O2/c1-3-4-9-19(27)25-10-12-26(13-11-25)21-17(20-22-15(2)28-24-20)14-16-7-5-6-8-18(16)23-21/h5-8,14H,3-4,9-13H2,1-2H3. The van der Waals surface area contributed by atoms with Crippen LogP contribution in [0.4, 0.5) is 5.82 Å². The Morgan fingerprint density at radius 1 is 1.14 bits per heavy atom. The molecule has 1 aliphatic rings. The maximum absolute atomic E-state index is 12.3. The molecule has 3 heterocycles. The number of amides is 1. The molecular weight excluding hydrogens is 354 g/mol. The van der Waals surface area contributed by atoms with Crippen LogP contribution in [0.2, 0.25) is 0 Å². The third-order valence-corrected chi connectivity index (χ3v) is 5.15. The summed E-state index contributed by atoms with van der Waals surface area (Å²) in [6.07, 6.45) is 2.63. The Balaban J connectivity index is 1.62. The van der Waals surface area contributed by atoms with Gasteiger partial charge in [-0.25, -0.2) is 4.98 Å². The number of rotatable bonds is 5. The number of aromatic nitrogens is 3. The van der Waals surface area contributed by atoms with Crippen molar-refractivity contribution in [2.45, 2.75) is 33.1 Å². The summed E-state index contributed by atoms with van der Waals surface area (Å²) in [7, 11) is 0. The second-order valence-corrected chi connectivity index (χ2v) is 7.16. The summed E-state index contributed by atoms with van der Waals surface area (Å²) in [6.45, 7) is 6.80. The lowest BCUT2D eigenvalue weighted by atomic mass is 10.1. The third kappa shape index (κ3) is 3.69. The summed E-state index contributed by atoms with van der Waals surface area (Å²) in [5, 5.41) is 5.15. The van der Waals surface area contributed by atoms with Gasteiger partial charge >= 0.3 is 0 Å². The molecule has 1 aliphatic heterocycles. The van der Waals surface area contributed by atoms with E-state index in [1.807, 2.05) is 29.2 Å². The van der Waals surface area contributed by atoms with Crippen molar-refractivity contribution in [2.75, 3.05) is 31.1 Å². The van der Waals surface area contributed by atoms with E-state index >= 15 is 0 Å². The topological polar surface area (TPSA) is 75.4 Å².